The molecule has 6 heteroatoms. The summed E-state index contributed by atoms with van der Waals surface area (Å²) in [6, 6.07) is 5.32. The molecule has 0 unspecified atom stereocenters. The molecule has 2 aromatic rings. The van der Waals surface area contributed by atoms with Gasteiger partial charge in [0.1, 0.15) is 0 Å². The van der Waals surface area contributed by atoms with E-state index in [1.165, 1.54) is 0 Å². The fraction of sp³-hybridized carbons (Fsp3) is 0.333. The topological polar surface area (TPSA) is 74.0 Å². The van der Waals surface area contributed by atoms with E-state index in [0.717, 1.165) is 29.1 Å². The van der Waals surface area contributed by atoms with Gasteiger partial charge in [0, 0.05) is 40.6 Å². The van der Waals surface area contributed by atoms with Crippen molar-refractivity contribution >= 4 is 23.2 Å². The summed E-state index contributed by atoms with van der Waals surface area (Å²) in [6.07, 6.45) is 0. The SMILES string of the molecule is CCNc1cc(Cl)cc(C(=O)NCc2c(C)cc(C)[nH]c2=O)c1C. The molecule has 0 bridgehead atoms. The van der Waals surface area contributed by atoms with Gasteiger partial charge < -0.3 is 15.6 Å². The third kappa shape index (κ3) is 3.97. The van der Waals surface area contributed by atoms with Crippen LogP contribution in [0.1, 0.15) is 39.7 Å². The predicted molar refractivity (Wildman–Crippen MR) is 98.1 cm³/mol. The number of halogens is 1. The van der Waals surface area contributed by atoms with Crippen molar-refractivity contribution in [1.82, 2.24) is 10.3 Å². The van der Waals surface area contributed by atoms with E-state index in [1.54, 1.807) is 12.1 Å². The number of carbonyl (C=O) groups excluding carboxylic acids is 1. The Bertz CT molecular complexity index is 828. The van der Waals surface area contributed by atoms with E-state index in [1.807, 2.05) is 33.8 Å². The van der Waals surface area contributed by atoms with Crippen LogP contribution < -0.4 is 16.2 Å². The Morgan fingerprint density at radius 2 is 1.92 bits per heavy atom. The van der Waals surface area contributed by atoms with Gasteiger partial charge in [0.15, 0.2) is 0 Å². The number of anilines is 1. The highest BCUT2D eigenvalue weighted by molar-refractivity contribution is 6.31. The number of rotatable bonds is 5. The Morgan fingerprint density at radius 3 is 2.54 bits per heavy atom. The van der Waals surface area contributed by atoms with E-state index >= 15 is 0 Å². The second-order valence-corrected chi connectivity index (χ2v) is 6.22. The number of H-pyrrole nitrogens is 1. The molecule has 0 fully saturated rings. The van der Waals surface area contributed by atoms with Gasteiger partial charge in [-0.1, -0.05) is 11.6 Å². The minimum absolute atomic E-state index is 0.169. The summed E-state index contributed by atoms with van der Waals surface area (Å²) in [5, 5.41) is 6.49. The number of aryl methyl sites for hydroxylation is 2. The maximum atomic E-state index is 12.5. The molecule has 1 heterocycles. The van der Waals surface area contributed by atoms with Crippen LogP contribution in [0.3, 0.4) is 0 Å². The van der Waals surface area contributed by atoms with Gasteiger partial charge in [-0.15, -0.1) is 0 Å². The minimum Gasteiger partial charge on any atom is -0.385 e. The third-order valence-corrected chi connectivity index (χ3v) is 4.12. The second-order valence-electron chi connectivity index (χ2n) is 5.78. The normalized spacial score (nSPS) is 10.5. The molecule has 2 rings (SSSR count). The highest BCUT2D eigenvalue weighted by Crippen LogP contribution is 2.24. The number of benzene rings is 1. The van der Waals surface area contributed by atoms with Gasteiger partial charge in [-0.25, -0.2) is 0 Å². The molecule has 3 N–H and O–H groups in total. The van der Waals surface area contributed by atoms with Gasteiger partial charge >= 0.3 is 0 Å². The number of hydrogen-bond acceptors (Lipinski definition) is 3. The van der Waals surface area contributed by atoms with Crippen molar-refractivity contribution in [2.75, 3.05) is 11.9 Å². The maximum Gasteiger partial charge on any atom is 0.253 e. The molecule has 0 saturated heterocycles. The smallest absolute Gasteiger partial charge is 0.253 e. The monoisotopic (exact) mass is 347 g/mol. The highest BCUT2D eigenvalue weighted by Gasteiger charge is 2.14. The Kier molecular flexibility index (Phi) is 5.67. The Balaban J connectivity index is 2.24. The average molecular weight is 348 g/mol. The fourth-order valence-electron chi connectivity index (χ4n) is 2.65. The van der Waals surface area contributed by atoms with Gasteiger partial charge in [-0.3, -0.25) is 9.59 Å². The summed E-state index contributed by atoms with van der Waals surface area (Å²) in [5.74, 6) is -0.256. The van der Waals surface area contributed by atoms with Gasteiger partial charge in [0.25, 0.3) is 11.5 Å². The highest BCUT2D eigenvalue weighted by atomic mass is 35.5. The van der Waals surface area contributed by atoms with E-state index in [2.05, 4.69) is 15.6 Å². The van der Waals surface area contributed by atoms with E-state index < -0.39 is 0 Å². The van der Waals surface area contributed by atoms with Crippen LogP contribution in [0.2, 0.25) is 5.02 Å². The number of aromatic nitrogens is 1. The molecule has 0 atom stereocenters. The zero-order valence-corrected chi connectivity index (χ0v) is 15.1. The fourth-order valence-corrected chi connectivity index (χ4v) is 2.87. The molecule has 5 nitrogen and oxygen atoms in total. The standard InChI is InChI=1S/C18H22ClN3O2/c1-5-20-16-8-13(19)7-14(12(16)4)17(23)21-9-15-10(2)6-11(3)22-18(15)24/h6-8,20H,5,9H2,1-4H3,(H,21,23)(H,22,24). The first kappa shape index (κ1) is 18.1. The Morgan fingerprint density at radius 1 is 1.21 bits per heavy atom. The largest absolute Gasteiger partial charge is 0.385 e. The van der Waals surface area contributed by atoms with E-state index in [-0.39, 0.29) is 18.0 Å². The van der Waals surface area contributed by atoms with E-state index in [0.29, 0.717) is 16.1 Å². The molecule has 0 aliphatic rings. The Hall–Kier alpha value is -2.27. The van der Waals surface area contributed by atoms with E-state index in [9.17, 15) is 9.59 Å². The summed E-state index contributed by atoms with van der Waals surface area (Å²) in [7, 11) is 0. The third-order valence-electron chi connectivity index (χ3n) is 3.90. The first-order valence-corrected chi connectivity index (χ1v) is 8.23. The number of aromatic amines is 1. The van der Waals surface area contributed by atoms with Crippen LogP contribution >= 0.6 is 11.6 Å². The molecule has 1 aromatic carbocycles. The van der Waals surface area contributed by atoms with Crippen LogP contribution in [0.25, 0.3) is 0 Å². The summed E-state index contributed by atoms with van der Waals surface area (Å²) in [4.78, 5) is 27.3. The summed E-state index contributed by atoms with van der Waals surface area (Å²) in [6.45, 7) is 8.44. The molecular weight excluding hydrogens is 326 g/mol. The van der Waals surface area contributed by atoms with Gasteiger partial charge in [-0.05, 0) is 57.0 Å². The van der Waals surface area contributed by atoms with Crippen molar-refractivity contribution in [3.05, 3.63) is 61.5 Å². The number of carbonyl (C=O) groups is 1. The van der Waals surface area contributed by atoms with Crippen LogP contribution in [0, 0.1) is 20.8 Å². The van der Waals surface area contributed by atoms with Gasteiger partial charge in [0.2, 0.25) is 0 Å². The second kappa shape index (κ2) is 7.53. The lowest BCUT2D eigenvalue weighted by Gasteiger charge is -2.14. The van der Waals surface area contributed by atoms with Crippen molar-refractivity contribution in [3.8, 4) is 0 Å². The van der Waals surface area contributed by atoms with Crippen LogP contribution in [-0.2, 0) is 6.54 Å². The number of amides is 1. The molecule has 0 radical (unpaired) electrons. The van der Waals surface area contributed by atoms with Crippen LogP contribution in [0.4, 0.5) is 5.69 Å². The molecule has 24 heavy (non-hydrogen) atoms. The van der Waals surface area contributed by atoms with Crippen molar-refractivity contribution in [2.24, 2.45) is 0 Å². The van der Waals surface area contributed by atoms with Crippen molar-refractivity contribution in [3.63, 3.8) is 0 Å². The minimum atomic E-state index is -0.256. The molecule has 0 spiro atoms. The van der Waals surface area contributed by atoms with Crippen LogP contribution in [0.15, 0.2) is 23.0 Å². The molecule has 128 valence electrons. The lowest BCUT2D eigenvalue weighted by Crippen LogP contribution is -2.28. The lowest BCUT2D eigenvalue weighted by molar-refractivity contribution is 0.0950. The summed E-state index contributed by atoms with van der Waals surface area (Å²) in [5.41, 5.74) is 4.19. The van der Waals surface area contributed by atoms with Crippen molar-refractivity contribution in [2.45, 2.75) is 34.2 Å². The van der Waals surface area contributed by atoms with Crippen LogP contribution in [0.5, 0.6) is 0 Å². The number of nitrogens with one attached hydrogen (secondary N) is 3. The maximum absolute atomic E-state index is 12.5. The number of hydrogen-bond donors (Lipinski definition) is 3. The predicted octanol–water partition coefficient (Wildman–Crippen LogP) is 3.32. The molecule has 0 aliphatic heterocycles. The van der Waals surface area contributed by atoms with Gasteiger partial charge in [-0.2, -0.15) is 0 Å². The summed E-state index contributed by atoms with van der Waals surface area (Å²) < 4.78 is 0. The van der Waals surface area contributed by atoms with Crippen molar-refractivity contribution in [1.29, 1.82) is 0 Å². The average Bonchev–Trinajstić information content (AvgIpc) is 2.49. The molecule has 1 amide bonds. The van der Waals surface area contributed by atoms with Gasteiger partial charge in [0.05, 0.1) is 0 Å². The Labute approximate surface area is 146 Å². The molecular formula is C18H22ClN3O2. The van der Waals surface area contributed by atoms with E-state index in [4.69, 9.17) is 11.6 Å². The summed E-state index contributed by atoms with van der Waals surface area (Å²) >= 11 is 6.11. The first-order valence-electron chi connectivity index (χ1n) is 7.85. The van der Waals surface area contributed by atoms with Crippen molar-refractivity contribution < 1.29 is 4.79 Å². The molecule has 0 aliphatic carbocycles. The molecule has 0 saturated carbocycles. The zero-order chi connectivity index (χ0) is 17.9. The lowest BCUT2D eigenvalue weighted by atomic mass is 10.1. The first-order chi connectivity index (χ1) is 11.3. The van der Waals surface area contributed by atoms with Crippen LogP contribution in [-0.4, -0.2) is 17.4 Å². The zero-order valence-electron chi connectivity index (χ0n) is 14.3. The number of pyridine rings is 1. The quantitative estimate of drug-likeness (QED) is 0.776. The molecule has 1 aromatic heterocycles.